The summed E-state index contributed by atoms with van der Waals surface area (Å²) in [6, 6.07) is 0. The number of piperidine rings is 1. The molecule has 18 heavy (non-hydrogen) atoms. The van der Waals surface area contributed by atoms with Crippen molar-refractivity contribution in [3.05, 3.63) is 0 Å². The molecule has 0 radical (unpaired) electrons. The summed E-state index contributed by atoms with van der Waals surface area (Å²) in [5, 5.41) is 3.00. The summed E-state index contributed by atoms with van der Waals surface area (Å²) >= 11 is 0. The molecule has 1 saturated carbocycles. The van der Waals surface area contributed by atoms with Crippen molar-refractivity contribution < 1.29 is 4.79 Å². The number of amides is 1. The van der Waals surface area contributed by atoms with Crippen LogP contribution < -0.4 is 11.1 Å². The number of nitrogens with one attached hydrogen (secondary N) is 1. The van der Waals surface area contributed by atoms with Crippen LogP contribution in [0.25, 0.3) is 0 Å². The van der Waals surface area contributed by atoms with E-state index in [4.69, 9.17) is 5.73 Å². The van der Waals surface area contributed by atoms with Gasteiger partial charge >= 0.3 is 0 Å². The van der Waals surface area contributed by atoms with Gasteiger partial charge in [-0.25, -0.2) is 0 Å². The average molecular weight is 253 g/mol. The molecule has 2 rings (SSSR count). The number of likely N-dealkylation sites (tertiary alicyclic amines) is 1. The van der Waals surface area contributed by atoms with E-state index >= 15 is 0 Å². The van der Waals surface area contributed by atoms with E-state index in [0.717, 1.165) is 31.8 Å². The van der Waals surface area contributed by atoms with E-state index in [2.05, 4.69) is 17.1 Å². The van der Waals surface area contributed by atoms with E-state index in [1.807, 2.05) is 0 Å². The zero-order chi connectivity index (χ0) is 13.0. The van der Waals surface area contributed by atoms with Crippen LogP contribution in [0.2, 0.25) is 0 Å². The minimum absolute atomic E-state index is 0.127. The molecule has 0 bridgehead atoms. The maximum absolute atomic E-state index is 11.7. The van der Waals surface area contributed by atoms with Crippen molar-refractivity contribution in [2.45, 2.75) is 51.0 Å². The fourth-order valence-corrected chi connectivity index (χ4v) is 2.83. The molecule has 0 atom stereocenters. The maximum Gasteiger partial charge on any atom is 0.221 e. The molecule has 0 aromatic rings. The van der Waals surface area contributed by atoms with E-state index in [-0.39, 0.29) is 11.4 Å². The Morgan fingerprint density at radius 1 is 1.39 bits per heavy atom. The van der Waals surface area contributed by atoms with Crippen molar-refractivity contribution in [2.24, 2.45) is 11.7 Å². The Balaban J connectivity index is 1.56. The van der Waals surface area contributed by atoms with Gasteiger partial charge < -0.3 is 16.0 Å². The lowest BCUT2D eigenvalue weighted by molar-refractivity contribution is -0.123. The second-order valence-electron chi connectivity index (χ2n) is 6.27. The molecule has 1 amide bonds. The molecule has 0 spiro atoms. The quantitative estimate of drug-likeness (QED) is 0.771. The number of carbonyl (C=O) groups excluding carboxylic acids is 1. The zero-order valence-electron chi connectivity index (χ0n) is 11.6. The lowest BCUT2D eigenvalue weighted by Gasteiger charge is -2.37. The van der Waals surface area contributed by atoms with Crippen molar-refractivity contribution in [2.75, 3.05) is 26.2 Å². The molecule has 4 heteroatoms. The molecule has 1 saturated heterocycles. The Kier molecular flexibility index (Phi) is 4.62. The Morgan fingerprint density at radius 3 is 2.61 bits per heavy atom. The molecule has 1 aliphatic carbocycles. The molecule has 0 unspecified atom stereocenters. The van der Waals surface area contributed by atoms with E-state index in [1.54, 1.807) is 0 Å². The lowest BCUT2D eigenvalue weighted by atomic mass is 9.75. The van der Waals surface area contributed by atoms with Gasteiger partial charge in [0, 0.05) is 25.0 Å². The van der Waals surface area contributed by atoms with Crippen LogP contribution in [0, 0.1) is 5.92 Å². The van der Waals surface area contributed by atoms with Crippen LogP contribution >= 0.6 is 0 Å². The summed E-state index contributed by atoms with van der Waals surface area (Å²) in [6.45, 7) is 6.42. The summed E-state index contributed by atoms with van der Waals surface area (Å²) in [4.78, 5) is 14.2. The summed E-state index contributed by atoms with van der Waals surface area (Å²) in [6.07, 6.45) is 6.27. The van der Waals surface area contributed by atoms with Gasteiger partial charge in [-0.15, -0.1) is 0 Å². The summed E-state index contributed by atoms with van der Waals surface area (Å²) in [5.41, 5.74) is 5.87. The van der Waals surface area contributed by atoms with Gasteiger partial charge in [-0.3, -0.25) is 4.79 Å². The van der Waals surface area contributed by atoms with Crippen molar-refractivity contribution in [3.8, 4) is 0 Å². The number of rotatable bonds is 5. The first kappa shape index (κ1) is 13.8. The third kappa shape index (κ3) is 3.95. The highest BCUT2D eigenvalue weighted by Crippen LogP contribution is 2.31. The van der Waals surface area contributed by atoms with E-state index in [9.17, 15) is 4.79 Å². The molecule has 0 aromatic carbocycles. The molecule has 1 heterocycles. The Hall–Kier alpha value is -0.610. The van der Waals surface area contributed by atoms with Gasteiger partial charge in [-0.1, -0.05) is 6.92 Å². The fraction of sp³-hybridized carbons (Fsp3) is 0.929. The molecule has 2 fully saturated rings. The largest absolute Gasteiger partial charge is 0.355 e. The summed E-state index contributed by atoms with van der Waals surface area (Å²) in [5.74, 6) is 0.995. The van der Waals surface area contributed by atoms with Crippen LogP contribution in [0.5, 0.6) is 0 Å². The van der Waals surface area contributed by atoms with Gasteiger partial charge in [0.05, 0.1) is 0 Å². The van der Waals surface area contributed by atoms with Gasteiger partial charge in [-0.05, 0) is 51.1 Å². The van der Waals surface area contributed by atoms with Gasteiger partial charge in [0.2, 0.25) is 5.91 Å². The number of hydrogen-bond acceptors (Lipinski definition) is 3. The van der Waals surface area contributed by atoms with Crippen LogP contribution in [0.3, 0.4) is 0 Å². The molecule has 3 N–H and O–H groups in total. The fourth-order valence-electron chi connectivity index (χ4n) is 2.83. The third-order valence-electron chi connectivity index (χ3n) is 4.49. The van der Waals surface area contributed by atoms with Gasteiger partial charge in [-0.2, -0.15) is 0 Å². The molecular weight excluding hydrogens is 226 g/mol. The topological polar surface area (TPSA) is 58.4 Å². The predicted octanol–water partition coefficient (Wildman–Crippen LogP) is 1.11. The molecule has 104 valence electrons. The first-order valence-electron chi connectivity index (χ1n) is 7.35. The highest BCUT2D eigenvalue weighted by Gasteiger charge is 2.34. The normalized spacial score (nSPS) is 24.6. The van der Waals surface area contributed by atoms with Gasteiger partial charge in [0.1, 0.15) is 0 Å². The highest BCUT2D eigenvalue weighted by atomic mass is 16.1. The molecule has 1 aliphatic heterocycles. The first-order chi connectivity index (χ1) is 8.57. The number of nitrogens with two attached hydrogens (primary N) is 1. The van der Waals surface area contributed by atoms with Crippen LogP contribution in [0.15, 0.2) is 0 Å². The van der Waals surface area contributed by atoms with E-state index in [0.29, 0.717) is 6.42 Å². The molecule has 2 aliphatic rings. The molecular formula is C14H27N3O. The third-order valence-corrected chi connectivity index (χ3v) is 4.49. The van der Waals surface area contributed by atoms with Crippen molar-refractivity contribution in [1.29, 1.82) is 0 Å². The average Bonchev–Trinajstić information content (AvgIpc) is 2.30. The predicted molar refractivity (Wildman–Crippen MR) is 73.2 cm³/mol. The minimum atomic E-state index is -0.190. The standard InChI is InChI=1S/C14H27N3O/c1-12-3-8-17(9-4-12)10-7-16-13(18)11-14(15)5-2-6-14/h12H,2-11,15H2,1H3,(H,16,18). The van der Waals surface area contributed by atoms with Crippen LogP contribution in [0.4, 0.5) is 0 Å². The van der Waals surface area contributed by atoms with Crippen molar-refractivity contribution >= 4 is 5.91 Å². The van der Waals surface area contributed by atoms with Gasteiger partial charge in [0.15, 0.2) is 0 Å². The molecule has 4 nitrogen and oxygen atoms in total. The number of hydrogen-bond donors (Lipinski definition) is 2. The minimum Gasteiger partial charge on any atom is -0.355 e. The van der Waals surface area contributed by atoms with Crippen LogP contribution in [-0.2, 0) is 4.79 Å². The Labute approximate surface area is 110 Å². The Morgan fingerprint density at radius 2 is 2.06 bits per heavy atom. The zero-order valence-corrected chi connectivity index (χ0v) is 11.6. The second kappa shape index (κ2) is 6.02. The van der Waals surface area contributed by atoms with Crippen LogP contribution in [0.1, 0.15) is 45.4 Å². The second-order valence-corrected chi connectivity index (χ2v) is 6.27. The van der Waals surface area contributed by atoms with E-state index < -0.39 is 0 Å². The maximum atomic E-state index is 11.7. The Bertz CT molecular complexity index is 281. The van der Waals surface area contributed by atoms with Crippen molar-refractivity contribution in [3.63, 3.8) is 0 Å². The first-order valence-corrected chi connectivity index (χ1v) is 7.35. The highest BCUT2D eigenvalue weighted by molar-refractivity contribution is 5.77. The summed E-state index contributed by atoms with van der Waals surface area (Å²) in [7, 11) is 0. The van der Waals surface area contributed by atoms with Crippen molar-refractivity contribution in [1.82, 2.24) is 10.2 Å². The molecule has 0 aromatic heterocycles. The summed E-state index contributed by atoms with van der Waals surface area (Å²) < 4.78 is 0. The van der Waals surface area contributed by atoms with Crippen LogP contribution in [-0.4, -0.2) is 42.5 Å². The monoisotopic (exact) mass is 253 g/mol. The number of carbonyl (C=O) groups is 1. The van der Waals surface area contributed by atoms with E-state index in [1.165, 1.54) is 32.4 Å². The number of nitrogens with zero attached hydrogens (tertiary/aromatic N) is 1. The lowest BCUT2D eigenvalue weighted by Crippen LogP contribution is -2.50. The van der Waals surface area contributed by atoms with Gasteiger partial charge in [0.25, 0.3) is 0 Å². The smallest absolute Gasteiger partial charge is 0.221 e. The SMILES string of the molecule is CC1CCN(CCNC(=O)CC2(N)CCC2)CC1.